The van der Waals surface area contributed by atoms with Gasteiger partial charge in [-0.15, -0.1) is 0 Å². The van der Waals surface area contributed by atoms with Crippen molar-refractivity contribution in [1.82, 2.24) is 0 Å². The molecular weight excluding hydrogens is 272 g/mol. The number of aryl methyl sites for hydroxylation is 2. The van der Waals surface area contributed by atoms with Crippen molar-refractivity contribution >= 4 is 17.6 Å². The van der Waals surface area contributed by atoms with Gasteiger partial charge < -0.3 is 5.11 Å². The number of aliphatic carboxylic acids is 1. The van der Waals surface area contributed by atoms with E-state index in [1.165, 1.54) is 0 Å². The van der Waals surface area contributed by atoms with Crippen LogP contribution in [0.5, 0.6) is 0 Å². The van der Waals surface area contributed by atoms with E-state index in [0.717, 1.165) is 22.3 Å². The number of halogens is 1. The fourth-order valence-electron chi connectivity index (χ4n) is 2.35. The summed E-state index contributed by atoms with van der Waals surface area (Å²) in [6, 6.07) is 13.3. The molecule has 0 aliphatic rings. The van der Waals surface area contributed by atoms with Crippen LogP contribution < -0.4 is 0 Å². The number of carboxylic acid groups (broad SMARTS) is 1. The second-order valence-corrected chi connectivity index (χ2v) is 5.45. The monoisotopic (exact) mass is 288 g/mol. The van der Waals surface area contributed by atoms with Gasteiger partial charge in [0.2, 0.25) is 0 Å². The Balaban J connectivity index is 2.36. The first-order valence-corrected chi connectivity index (χ1v) is 6.90. The summed E-state index contributed by atoms with van der Waals surface area (Å²) in [5, 5.41) is 10.1. The van der Waals surface area contributed by atoms with Crippen LogP contribution in [0.3, 0.4) is 0 Å². The average molecular weight is 289 g/mol. The molecule has 0 fully saturated rings. The first-order chi connectivity index (χ1) is 9.49. The van der Waals surface area contributed by atoms with E-state index >= 15 is 0 Å². The molecule has 2 aromatic rings. The minimum Gasteiger partial charge on any atom is -0.481 e. The van der Waals surface area contributed by atoms with Crippen molar-refractivity contribution in [3.05, 3.63) is 69.7 Å². The van der Waals surface area contributed by atoms with E-state index in [1.54, 1.807) is 0 Å². The van der Waals surface area contributed by atoms with Crippen LogP contribution in [0.2, 0.25) is 5.02 Å². The lowest BCUT2D eigenvalue weighted by atomic mass is 9.89. The van der Waals surface area contributed by atoms with Crippen LogP contribution in [0.25, 0.3) is 0 Å². The molecule has 20 heavy (non-hydrogen) atoms. The fourth-order valence-corrected chi connectivity index (χ4v) is 2.66. The molecule has 1 N–H and O–H groups in total. The third-order valence-corrected chi connectivity index (χ3v) is 3.85. The molecule has 0 heterocycles. The molecule has 0 saturated carbocycles. The van der Waals surface area contributed by atoms with E-state index < -0.39 is 11.9 Å². The van der Waals surface area contributed by atoms with E-state index in [4.69, 9.17) is 11.6 Å². The molecule has 2 aromatic carbocycles. The minimum atomic E-state index is -0.823. The number of rotatable bonds is 4. The van der Waals surface area contributed by atoms with Crippen LogP contribution in [-0.2, 0) is 11.2 Å². The van der Waals surface area contributed by atoms with E-state index in [1.807, 2.05) is 56.3 Å². The van der Waals surface area contributed by atoms with Crippen LogP contribution in [-0.4, -0.2) is 11.1 Å². The third-order valence-electron chi connectivity index (χ3n) is 3.49. The molecule has 104 valence electrons. The Morgan fingerprint density at radius 1 is 1.20 bits per heavy atom. The molecule has 2 rings (SSSR count). The van der Waals surface area contributed by atoms with Gasteiger partial charge in [0.15, 0.2) is 0 Å². The van der Waals surface area contributed by atoms with Crippen molar-refractivity contribution < 1.29 is 9.90 Å². The van der Waals surface area contributed by atoms with Gasteiger partial charge >= 0.3 is 5.97 Å². The summed E-state index contributed by atoms with van der Waals surface area (Å²) in [5.41, 5.74) is 3.77. The van der Waals surface area contributed by atoms with E-state index in [2.05, 4.69) is 0 Å². The number of benzene rings is 2. The van der Waals surface area contributed by atoms with Crippen LogP contribution >= 0.6 is 11.6 Å². The highest BCUT2D eigenvalue weighted by Crippen LogP contribution is 2.28. The van der Waals surface area contributed by atoms with Gasteiger partial charge in [-0.05, 0) is 48.6 Å². The second kappa shape index (κ2) is 6.10. The summed E-state index contributed by atoms with van der Waals surface area (Å²) in [6.45, 7) is 3.90. The van der Waals surface area contributed by atoms with Crippen LogP contribution in [0.4, 0.5) is 0 Å². The summed E-state index contributed by atoms with van der Waals surface area (Å²) in [5.74, 6) is -1.40. The lowest BCUT2D eigenvalue weighted by molar-refractivity contribution is -0.138. The largest absolute Gasteiger partial charge is 0.481 e. The van der Waals surface area contributed by atoms with Gasteiger partial charge in [0.25, 0.3) is 0 Å². The zero-order valence-electron chi connectivity index (χ0n) is 11.6. The highest BCUT2D eigenvalue weighted by Gasteiger charge is 2.22. The average Bonchev–Trinajstić information content (AvgIpc) is 2.39. The highest BCUT2D eigenvalue weighted by molar-refractivity contribution is 6.31. The lowest BCUT2D eigenvalue weighted by Gasteiger charge is -2.16. The molecule has 1 atom stereocenters. The Kier molecular flexibility index (Phi) is 4.46. The zero-order valence-corrected chi connectivity index (χ0v) is 12.3. The van der Waals surface area contributed by atoms with Gasteiger partial charge in [0.1, 0.15) is 0 Å². The van der Waals surface area contributed by atoms with Gasteiger partial charge in [-0.25, -0.2) is 0 Å². The minimum absolute atomic E-state index is 0.402. The zero-order chi connectivity index (χ0) is 14.7. The Morgan fingerprint density at radius 3 is 2.50 bits per heavy atom. The van der Waals surface area contributed by atoms with Crippen molar-refractivity contribution in [1.29, 1.82) is 0 Å². The maximum Gasteiger partial charge on any atom is 0.311 e. The Morgan fingerprint density at radius 2 is 1.90 bits per heavy atom. The molecule has 0 aliphatic heterocycles. The first kappa shape index (κ1) is 14.6. The summed E-state index contributed by atoms with van der Waals surface area (Å²) in [4.78, 5) is 11.6. The topological polar surface area (TPSA) is 37.3 Å². The van der Waals surface area contributed by atoms with Gasteiger partial charge in [0.05, 0.1) is 5.92 Å². The summed E-state index contributed by atoms with van der Waals surface area (Å²) in [7, 11) is 0. The van der Waals surface area contributed by atoms with Crippen molar-refractivity contribution in [2.75, 3.05) is 0 Å². The summed E-state index contributed by atoms with van der Waals surface area (Å²) in [6.07, 6.45) is 0.402. The molecule has 0 radical (unpaired) electrons. The van der Waals surface area contributed by atoms with Gasteiger partial charge in [-0.2, -0.15) is 0 Å². The molecule has 2 nitrogen and oxygen atoms in total. The van der Waals surface area contributed by atoms with Crippen LogP contribution in [0.1, 0.15) is 28.2 Å². The van der Waals surface area contributed by atoms with Crippen molar-refractivity contribution in [3.63, 3.8) is 0 Å². The summed E-state index contributed by atoms with van der Waals surface area (Å²) < 4.78 is 0. The first-order valence-electron chi connectivity index (χ1n) is 6.52. The van der Waals surface area contributed by atoms with Crippen LogP contribution in [0, 0.1) is 13.8 Å². The predicted molar refractivity (Wildman–Crippen MR) is 81.4 cm³/mol. The Labute approximate surface area is 124 Å². The number of hydrogen-bond donors (Lipinski definition) is 1. The summed E-state index contributed by atoms with van der Waals surface area (Å²) >= 11 is 6.21. The van der Waals surface area contributed by atoms with Gasteiger partial charge in [0, 0.05) is 5.02 Å². The third kappa shape index (κ3) is 3.20. The van der Waals surface area contributed by atoms with Crippen LogP contribution in [0.15, 0.2) is 42.5 Å². The van der Waals surface area contributed by atoms with E-state index in [-0.39, 0.29) is 0 Å². The molecule has 0 spiro atoms. The molecule has 3 heteroatoms. The Hall–Kier alpha value is -1.80. The number of hydrogen-bond acceptors (Lipinski definition) is 1. The maximum absolute atomic E-state index is 11.6. The predicted octanol–water partition coefficient (Wildman–Crippen LogP) is 4.37. The SMILES string of the molecule is Cc1ccc(CC(C(=O)O)c2ccccc2C)c(Cl)c1. The molecule has 0 bridgehead atoms. The molecule has 1 unspecified atom stereocenters. The number of carboxylic acids is 1. The van der Waals surface area contributed by atoms with E-state index in [0.29, 0.717) is 11.4 Å². The highest BCUT2D eigenvalue weighted by atomic mass is 35.5. The van der Waals surface area contributed by atoms with Crippen molar-refractivity contribution in [3.8, 4) is 0 Å². The quantitative estimate of drug-likeness (QED) is 0.907. The molecule has 0 aromatic heterocycles. The Bertz CT molecular complexity index is 635. The standard InChI is InChI=1S/C17H17ClO2/c1-11-7-8-13(16(18)9-11)10-15(17(19)20)14-6-4-3-5-12(14)2/h3-9,15H,10H2,1-2H3,(H,19,20). The molecular formula is C17H17ClO2. The lowest BCUT2D eigenvalue weighted by Crippen LogP contribution is -2.15. The maximum atomic E-state index is 11.6. The van der Waals surface area contributed by atoms with Crippen molar-refractivity contribution in [2.45, 2.75) is 26.2 Å². The normalized spacial score (nSPS) is 12.2. The molecule has 0 saturated heterocycles. The number of carbonyl (C=O) groups is 1. The van der Waals surface area contributed by atoms with Gasteiger partial charge in [-0.3, -0.25) is 4.79 Å². The smallest absolute Gasteiger partial charge is 0.311 e. The molecule has 0 aliphatic carbocycles. The van der Waals surface area contributed by atoms with Crippen molar-refractivity contribution in [2.24, 2.45) is 0 Å². The second-order valence-electron chi connectivity index (χ2n) is 5.05. The fraction of sp³-hybridized carbons (Fsp3) is 0.235. The van der Waals surface area contributed by atoms with Gasteiger partial charge in [-0.1, -0.05) is 48.0 Å². The molecule has 0 amide bonds. The van der Waals surface area contributed by atoms with E-state index in [9.17, 15) is 9.90 Å².